The fourth-order valence-electron chi connectivity index (χ4n) is 11.4. The van der Waals surface area contributed by atoms with Gasteiger partial charge in [-0.05, 0) is 116 Å². The van der Waals surface area contributed by atoms with Gasteiger partial charge in [0.2, 0.25) is 0 Å². The van der Waals surface area contributed by atoms with E-state index in [0.717, 1.165) is 116 Å². The minimum absolute atomic E-state index is 0.184. The van der Waals surface area contributed by atoms with E-state index < -0.39 is 24.3 Å². The second-order valence-corrected chi connectivity index (χ2v) is 28.3. The first-order chi connectivity index (χ1) is 48.6. The number of aliphatic carboxylic acids is 1. The van der Waals surface area contributed by atoms with E-state index in [1.807, 2.05) is 21.1 Å². The average Bonchev–Trinajstić information content (AvgIpc) is 1.16. The second kappa shape index (κ2) is 78.9. The Labute approximate surface area is 611 Å². The van der Waals surface area contributed by atoms with Crippen molar-refractivity contribution < 1.29 is 42.9 Å². The number of esters is 2. The maximum atomic E-state index is 13.0. The number of carbonyl (C=O) groups excluding carboxylic acids is 2. The van der Waals surface area contributed by atoms with Crippen LogP contribution in [0, 0.1) is 0 Å². The molecule has 9 nitrogen and oxygen atoms in total. The van der Waals surface area contributed by atoms with Crippen molar-refractivity contribution in [1.82, 2.24) is 0 Å². The smallest absolute Gasteiger partial charge is 0.361 e. The van der Waals surface area contributed by atoms with Crippen LogP contribution in [0.15, 0.2) is 146 Å². The van der Waals surface area contributed by atoms with Crippen LogP contribution in [0.25, 0.3) is 0 Å². The first-order valence-electron chi connectivity index (χ1n) is 41.0. The molecule has 2 unspecified atom stereocenters. The normalized spacial score (nSPS) is 13.4. The Balaban J connectivity index is 4.01. The van der Waals surface area contributed by atoms with Crippen LogP contribution in [-0.4, -0.2) is 87.4 Å². The molecule has 0 aliphatic rings. The maximum absolute atomic E-state index is 13.0. The Morgan fingerprint density at radius 2 is 0.545 bits per heavy atom. The molecule has 0 amide bonds. The van der Waals surface area contributed by atoms with Gasteiger partial charge in [-0.2, -0.15) is 0 Å². The molecule has 0 aliphatic heterocycles. The minimum atomic E-state index is -1.52. The lowest BCUT2D eigenvalue weighted by Gasteiger charge is -2.25. The molecule has 566 valence electrons. The van der Waals surface area contributed by atoms with Gasteiger partial charge in [-0.15, -0.1) is 0 Å². The number of allylic oxidation sites excluding steroid dienone is 24. The molecule has 0 aliphatic carbocycles. The molecule has 0 fully saturated rings. The zero-order valence-corrected chi connectivity index (χ0v) is 64.9. The summed E-state index contributed by atoms with van der Waals surface area (Å²) in [5.41, 5.74) is 0. The van der Waals surface area contributed by atoms with Crippen LogP contribution in [0.4, 0.5) is 0 Å². The average molecular weight is 1380 g/mol. The second-order valence-electron chi connectivity index (χ2n) is 28.3. The van der Waals surface area contributed by atoms with Crippen molar-refractivity contribution in [3.8, 4) is 0 Å². The molecule has 0 aromatic heterocycles. The molecule has 0 aromatic rings. The van der Waals surface area contributed by atoms with Crippen molar-refractivity contribution in [1.29, 1.82) is 0 Å². The monoisotopic (exact) mass is 1380 g/mol. The topological polar surface area (TPSA) is 108 Å². The molecule has 99 heavy (non-hydrogen) atoms. The Morgan fingerprint density at radius 1 is 0.303 bits per heavy atom. The van der Waals surface area contributed by atoms with Crippen molar-refractivity contribution in [2.75, 3.05) is 47.5 Å². The van der Waals surface area contributed by atoms with Gasteiger partial charge in [-0.25, -0.2) is 4.79 Å². The molecule has 9 heteroatoms. The SMILES string of the molecule is CC/C=C\C/C=C\C/C=C\C/C=C\C/C=C\C/C=C\C/C=C\CCCCCCCCCCCCCCCC(=O)OC(COC(=O)CCCCCCCCCCCCCCCCCCCCCCCCC/C=C\C/C=C\C/C=C\C/C=C\C/C=C\CC)COC(OCC[N+](C)(C)C)C(=O)O. The van der Waals surface area contributed by atoms with E-state index in [-0.39, 0.29) is 32.2 Å². The summed E-state index contributed by atoms with van der Waals surface area (Å²) in [7, 11) is 5.99. The number of rotatable bonds is 75. The molecule has 0 radical (unpaired) electrons. The number of carboxylic acid groups (broad SMARTS) is 1. The van der Waals surface area contributed by atoms with Crippen molar-refractivity contribution in [3.05, 3.63) is 146 Å². The Kier molecular flexibility index (Phi) is 75.0. The first-order valence-corrected chi connectivity index (χ1v) is 41.0. The molecule has 0 aromatic carbocycles. The number of nitrogens with zero attached hydrogens (tertiary/aromatic N) is 1. The van der Waals surface area contributed by atoms with Gasteiger partial charge in [-0.1, -0.05) is 365 Å². The van der Waals surface area contributed by atoms with Crippen LogP contribution >= 0.6 is 0 Å². The number of hydrogen-bond donors (Lipinski definition) is 1. The molecular weight excluding hydrogens is 1220 g/mol. The highest BCUT2D eigenvalue weighted by atomic mass is 16.7. The number of hydrogen-bond acceptors (Lipinski definition) is 7. The summed E-state index contributed by atoms with van der Waals surface area (Å²) < 4.78 is 23.1. The molecular formula is C90H154NO8+. The van der Waals surface area contributed by atoms with E-state index in [1.54, 1.807) is 0 Å². The summed E-state index contributed by atoms with van der Waals surface area (Å²) in [6.07, 6.45) is 113. The van der Waals surface area contributed by atoms with Crippen LogP contribution in [0.5, 0.6) is 0 Å². The molecule has 0 rings (SSSR count). The summed E-state index contributed by atoms with van der Waals surface area (Å²) >= 11 is 0. The minimum Gasteiger partial charge on any atom is -0.477 e. The quantitative estimate of drug-likeness (QED) is 0.0211. The number of carbonyl (C=O) groups is 3. The molecule has 1 N–H and O–H groups in total. The van der Waals surface area contributed by atoms with Gasteiger partial charge in [-0.3, -0.25) is 9.59 Å². The Hall–Kier alpha value is -4.83. The van der Waals surface area contributed by atoms with Gasteiger partial charge >= 0.3 is 17.9 Å². The van der Waals surface area contributed by atoms with Crippen LogP contribution < -0.4 is 0 Å². The van der Waals surface area contributed by atoms with Crippen molar-refractivity contribution in [2.24, 2.45) is 0 Å². The Morgan fingerprint density at radius 3 is 0.808 bits per heavy atom. The van der Waals surface area contributed by atoms with E-state index >= 15 is 0 Å². The number of quaternary nitrogens is 1. The van der Waals surface area contributed by atoms with E-state index in [9.17, 15) is 19.5 Å². The van der Waals surface area contributed by atoms with Gasteiger partial charge in [0.1, 0.15) is 13.2 Å². The van der Waals surface area contributed by atoms with Crippen LogP contribution in [0.1, 0.15) is 348 Å². The molecule has 0 spiro atoms. The van der Waals surface area contributed by atoms with E-state index in [1.165, 1.54) is 199 Å². The van der Waals surface area contributed by atoms with Gasteiger partial charge < -0.3 is 28.5 Å². The molecule has 0 heterocycles. The zero-order chi connectivity index (χ0) is 71.8. The molecule has 0 saturated carbocycles. The van der Waals surface area contributed by atoms with Gasteiger partial charge in [0, 0.05) is 12.8 Å². The summed E-state index contributed by atoms with van der Waals surface area (Å²) in [4.78, 5) is 37.8. The largest absolute Gasteiger partial charge is 0.477 e. The van der Waals surface area contributed by atoms with Crippen molar-refractivity contribution in [2.45, 2.75) is 360 Å². The highest BCUT2D eigenvalue weighted by molar-refractivity contribution is 5.71. The number of unbranched alkanes of at least 4 members (excludes halogenated alkanes) is 36. The van der Waals surface area contributed by atoms with Crippen molar-refractivity contribution >= 4 is 17.9 Å². The highest BCUT2D eigenvalue weighted by Crippen LogP contribution is 2.19. The standard InChI is InChI=1S/C90H153NO8/c1-6-8-10-12-14-16-18-20-22-24-26-28-30-32-34-36-38-40-42-43-44-45-47-48-50-52-54-56-58-60-62-64-66-68-70-72-74-76-78-80-87(92)97-84-86(85-98-90(89(94)95)96-83-82-91(3,4)5)99-88(93)81-79-77-75-73-71-69-67-65-63-61-59-57-55-53-51-49-46-41-39-37-35-33-31-29-27-25-23-21-19-17-15-13-11-9-7-2/h8-11,14-17,20-23,26-29,32-35,39,41,49,51,86,90H,6-7,12-13,18-19,24-25,30-31,36-38,40,42-48,50,52-85H2,1-5H3/p+1/b10-8-,11-9-,16-14-,17-15-,22-20-,23-21-,28-26-,29-27-,34-32-,35-33-,41-39-,51-49-. The molecule has 2 atom stereocenters. The lowest BCUT2D eigenvalue weighted by Crippen LogP contribution is -2.40. The fraction of sp³-hybridized carbons (Fsp3) is 0.700. The lowest BCUT2D eigenvalue weighted by atomic mass is 10.0. The van der Waals surface area contributed by atoms with Gasteiger partial charge in [0.05, 0.1) is 34.4 Å². The number of ether oxygens (including phenoxy) is 4. The fourth-order valence-corrected chi connectivity index (χ4v) is 11.4. The van der Waals surface area contributed by atoms with Crippen molar-refractivity contribution in [3.63, 3.8) is 0 Å². The van der Waals surface area contributed by atoms with Gasteiger partial charge in [0.25, 0.3) is 6.29 Å². The van der Waals surface area contributed by atoms with E-state index in [0.29, 0.717) is 23.9 Å². The van der Waals surface area contributed by atoms with Crippen LogP contribution in [0.3, 0.4) is 0 Å². The summed E-state index contributed by atoms with van der Waals surface area (Å²) in [5.74, 6) is -2.00. The van der Waals surface area contributed by atoms with Crippen LogP contribution in [0.2, 0.25) is 0 Å². The predicted octanol–water partition coefficient (Wildman–Crippen LogP) is 26.6. The summed E-state index contributed by atoms with van der Waals surface area (Å²) in [5, 5.41) is 9.78. The third-order valence-electron chi connectivity index (χ3n) is 17.6. The molecule has 0 bridgehead atoms. The Bertz CT molecular complexity index is 2150. The predicted molar refractivity (Wildman–Crippen MR) is 428 cm³/mol. The summed E-state index contributed by atoms with van der Waals surface area (Å²) in [6.45, 7) is 4.68. The zero-order valence-electron chi connectivity index (χ0n) is 64.9. The lowest BCUT2D eigenvalue weighted by molar-refractivity contribution is -0.870. The maximum Gasteiger partial charge on any atom is 0.361 e. The number of carboxylic acids is 1. The molecule has 0 saturated heterocycles. The highest BCUT2D eigenvalue weighted by Gasteiger charge is 2.25. The summed E-state index contributed by atoms with van der Waals surface area (Å²) in [6, 6.07) is 0. The third-order valence-corrected chi connectivity index (χ3v) is 17.6. The van der Waals surface area contributed by atoms with E-state index in [2.05, 4.69) is 160 Å². The first kappa shape index (κ1) is 94.2. The van der Waals surface area contributed by atoms with Gasteiger partial charge in [0.15, 0.2) is 6.10 Å². The van der Waals surface area contributed by atoms with Crippen LogP contribution in [-0.2, 0) is 33.3 Å². The number of likely N-dealkylation sites (N-methyl/N-ethyl adjacent to an activating group) is 1. The third kappa shape index (κ3) is 80.4. The van der Waals surface area contributed by atoms with E-state index in [4.69, 9.17) is 18.9 Å².